The molecule has 1 nitrogen and oxygen atoms in total. The van der Waals surface area contributed by atoms with E-state index in [1.165, 1.54) is 11.6 Å². The van der Waals surface area contributed by atoms with E-state index >= 15 is 0 Å². The van der Waals surface area contributed by atoms with Crippen molar-refractivity contribution in [3.05, 3.63) is 70.5 Å². The van der Waals surface area contributed by atoms with E-state index in [2.05, 4.69) is 12.2 Å². The van der Waals surface area contributed by atoms with Crippen molar-refractivity contribution in [3.63, 3.8) is 0 Å². The van der Waals surface area contributed by atoms with E-state index in [0.717, 1.165) is 0 Å². The number of nitrogens with one attached hydrogen (secondary N) is 1. The summed E-state index contributed by atoms with van der Waals surface area (Å²) < 4.78 is 13.5. The van der Waals surface area contributed by atoms with Crippen LogP contribution < -0.4 is 5.32 Å². The molecule has 0 bridgehead atoms. The predicted octanol–water partition coefficient (Wildman–Crippen LogP) is 4.33. The minimum absolute atomic E-state index is 0.171. The van der Waals surface area contributed by atoms with Crippen molar-refractivity contribution < 1.29 is 4.39 Å². The normalized spacial score (nSPS) is 12.4. The first kappa shape index (κ1) is 13.1. The molecule has 3 heteroatoms. The first-order valence-electron chi connectivity index (χ1n) is 5.89. The van der Waals surface area contributed by atoms with Gasteiger partial charge in [-0.25, -0.2) is 4.39 Å². The van der Waals surface area contributed by atoms with Crippen LogP contribution in [0.2, 0.25) is 5.02 Å². The fourth-order valence-corrected chi connectivity index (χ4v) is 2.00. The second-order valence-electron chi connectivity index (χ2n) is 4.25. The molecule has 0 saturated heterocycles. The van der Waals surface area contributed by atoms with Crippen molar-refractivity contribution in [1.82, 2.24) is 5.32 Å². The van der Waals surface area contributed by atoms with Gasteiger partial charge in [-0.15, -0.1) is 0 Å². The quantitative estimate of drug-likeness (QED) is 0.866. The Balaban J connectivity index is 2.01. The van der Waals surface area contributed by atoms with E-state index in [1.807, 2.05) is 30.3 Å². The van der Waals surface area contributed by atoms with Crippen LogP contribution in [0.5, 0.6) is 0 Å². The lowest BCUT2D eigenvalue weighted by molar-refractivity contribution is 0.544. The van der Waals surface area contributed by atoms with Crippen LogP contribution in [0.3, 0.4) is 0 Å². The highest BCUT2D eigenvalue weighted by Crippen LogP contribution is 2.17. The number of halogens is 2. The molecule has 2 aromatic rings. The zero-order chi connectivity index (χ0) is 13.0. The third-order valence-corrected chi connectivity index (χ3v) is 3.14. The van der Waals surface area contributed by atoms with Gasteiger partial charge in [-0.05, 0) is 30.7 Å². The van der Waals surface area contributed by atoms with Crippen LogP contribution in [-0.2, 0) is 6.54 Å². The highest BCUT2D eigenvalue weighted by molar-refractivity contribution is 6.30. The fraction of sp³-hybridized carbons (Fsp3) is 0.200. The Bertz CT molecular complexity index is 513. The lowest BCUT2D eigenvalue weighted by Crippen LogP contribution is -2.18. The summed E-state index contributed by atoms with van der Waals surface area (Å²) in [6.07, 6.45) is 0. The molecule has 1 atom stereocenters. The minimum Gasteiger partial charge on any atom is -0.306 e. The van der Waals surface area contributed by atoms with Gasteiger partial charge in [-0.1, -0.05) is 41.9 Å². The highest BCUT2D eigenvalue weighted by atomic mass is 35.5. The molecule has 2 aromatic carbocycles. The van der Waals surface area contributed by atoms with Crippen molar-refractivity contribution in [2.24, 2.45) is 0 Å². The Morgan fingerprint density at radius 3 is 2.61 bits per heavy atom. The molecule has 0 fully saturated rings. The number of benzene rings is 2. The van der Waals surface area contributed by atoms with E-state index in [1.54, 1.807) is 12.1 Å². The zero-order valence-corrected chi connectivity index (χ0v) is 10.9. The second-order valence-corrected chi connectivity index (χ2v) is 4.69. The summed E-state index contributed by atoms with van der Waals surface area (Å²) in [5, 5.41) is 3.84. The number of hydrogen-bond donors (Lipinski definition) is 1. The maximum Gasteiger partial charge on any atom is 0.127 e. The third kappa shape index (κ3) is 3.31. The van der Waals surface area contributed by atoms with Gasteiger partial charge in [0.25, 0.3) is 0 Å². The van der Waals surface area contributed by atoms with E-state index < -0.39 is 0 Å². The lowest BCUT2D eigenvalue weighted by Gasteiger charge is -2.14. The Morgan fingerprint density at radius 2 is 1.89 bits per heavy atom. The molecular weight excluding hydrogens is 249 g/mol. The first-order valence-corrected chi connectivity index (χ1v) is 6.27. The van der Waals surface area contributed by atoms with Crippen LogP contribution in [-0.4, -0.2) is 0 Å². The van der Waals surface area contributed by atoms with Crippen molar-refractivity contribution in [2.75, 3.05) is 0 Å². The average molecular weight is 264 g/mol. The number of rotatable bonds is 4. The molecule has 0 heterocycles. The average Bonchev–Trinajstić information content (AvgIpc) is 2.40. The van der Waals surface area contributed by atoms with Gasteiger partial charge in [0.1, 0.15) is 5.82 Å². The SMILES string of the molecule is C[C@H](NCc1cc(Cl)ccc1F)c1ccccc1. The molecule has 0 amide bonds. The molecule has 0 saturated carbocycles. The molecular formula is C15H15ClFN. The summed E-state index contributed by atoms with van der Waals surface area (Å²) in [4.78, 5) is 0. The predicted molar refractivity (Wildman–Crippen MR) is 73.1 cm³/mol. The van der Waals surface area contributed by atoms with Gasteiger partial charge in [0, 0.05) is 23.2 Å². The van der Waals surface area contributed by atoms with E-state index in [-0.39, 0.29) is 11.9 Å². The van der Waals surface area contributed by atoms with Gasteiger partial charge < -0.3 is 5.32 Å². The standard InChI is InChI=1S/C15H15ClFN/c1-11(12-5-3-2-4-6-12)18-10-13-9-14(16)7-8-15(13)17/h2-9,11,18H,10H2,1H3/t11-/m0/s1. The van der Waals surface area contributed by atoms with E-state index in [0.29, 0.717) is 17.1 Å². The topological polar surface area (TPSA) is 12.0 Å². The molecule has 0 aliphatic heterocycles. The Kier molecular flexibility index (Phi) is 4.34. The van der Waals surface area contributed by atoms with E-state index in [4.69, 9.17) is 11.6 Å². The number of hydrogen-bond acceptors (Lipinski definition) is 1. The van der Waals surface area contributed by atoms with Crippen LogP contribution >= 0.6 is 11.6 Å². The summed E-state index contributed by atoms with van der Waals surface area (Å²) in [5.74, 6) is -0.229. The van der Waals surface area contributed by atoms with Crippen molar-refractivity contribution in [1.29, 1.82) is 0 Å². The Morgan fingerprint density at radius 1 is 1.17 bits per heavy atom. The van der Waals surface area contributed by atoms with Crippen LogP contribution in [0.15, 0.2) is 48.5 Å². The van der Waals surface area contributed by atoms with Crippen molar-refractivity contribution in [3.8, 4) is 0 Å². The van der Waals surface area contributed by atoms with Gasteiger partial charge >= 0.3 is 0 Å². The molecule has 2 rings (SSSR count). The van der Waals surface area contributed by atoms with Gasteiger partial charge in [0.05, 0.1) is 0 Å². The van der Waals surface area contributed by atoms with Gasteiger partial charge in [-0.3, -0.25) is 0 Å². The summed E-state index contributed by atoms with van der Waals surface area (Å²) in [7, 11) is 0. The molecule has 0 aliphatic rings. The molecule has 0 spiro atoms. The van der Waals surface area contributed by atoms with Crippen LogP contribution in [0.1, 0.15) is 24.1 Å². The minimum atomic E-state index is -0.229. The molecule has 18 heavy (non-hydrogen) atoms. The summed E-state index contributed by atoms with van der Waals surface area (Å²) >= 11 is 5.85. The zero-order valence-electron chi connectivity index (χ0n) is 10.2. The largest absolute Gasteiger partial charge is 0.306 e. The third-order valence-electron chi connectivity index (χ3n) is 2.91. The second kappa shape index (κ2) is 5.98. The maximum atomic E-state index is 13.5. The fourth-order valence-electron chi connectivity index (χ4n) is 1.80. The van der Waals surface area contributed by atoms with Gasteiger partial charge in [0.15, 0.2) is 0 Å². The summed E-state index contributed by atoms with van der Waals surface area (Å²) in [5.41, 5.74) is 1.77. The molecule has 0 aromatic heterocycles. The molecule has 94 valence electrons. The van der Waals surface area contributed by atoms with Crippen molar-refractivity contribution in [2.45, 2.75) is 19.5 Å². The maximum absolute atomic E-state index is 13.5. The molecule has 0 radical (unpaired) electrons. The Hall–Kier alpha value is -1.38. The first-order chi connectivity index (χ1) is 8.66. The van der Waals surface area contributed by atoms with Crippen molar-refractivity contribution >= 4 is 11.6 Å². The highest BCUT2D eigenvalue weighted by Gasteiger charge is 2.07. The Labute approximate surface area is 112 Å². The smallest absolute Gasteiger partial charge is 0.127 e. The summed E-state index contributed by atoms with van der Waals surface area (Å²) in [6.45, 7) is 2.51. The molecule has 1 N–H and O–H groups in total. The lowest BCUT2D eigenvalue weighted by atomic mass is 10.1. The molecule has 0 unspecified atom stereocenters. The van der Waals surface area contributed by atoms with E-state index in [9.17, 15) is 4.39 Å². The summed E-state index contributed by atoms with van der Waals surface area (Å²) in [6, 6.07) is 14.8. The van der Waals surface area contributed by atoms with Crippen LogP contribution in [0.25, 0.3) is 0 Å². The van der Waals surface area contributed by atoms with Crippen LogP contribution in [0.4, 0.5) is 4.39 Å². The van der Waals surface area contributed by atoms with Gasteiger partial charge in [-0.2, -0.15) is 0 Å². The monoisotopic (exact) mass is 263 g/mol. The van der Waals surface area contributed by atoms with Gasteiger partial charge in [0.2, 0.25) is 0 Å². The van der Waals surface area contributed by atoms with Crippen LogP contribution in [0, 0.1) is 5.82 Å². The molecule has 0 aliphatic carbocycles.